The van der Waals surface area contributed by atoms with Crippen LogP contribution in [0.3, 0.4) is 0 Å². The van der Waals surface area contributed by atoms with Crippen LogP contribution in [-0.2, 0) is 9.47 Å². The number of nitrogens with one attached hydrogen (secondary N) is 1. The van der Waals surface area contributed by atoms with Gasteiger partial charge in [-0.25, -0.2) is 14.3 Å². The SMILES string of the molecule is COC(=O)c1c2ccccc2c(C(=O)OC)n1Nc1ccccc1. The van der Waals surface area contributed by atoms with E-state index in [-0.39, 0.29) is 11.4 Å². The Bertz CT molecular complexity index is 847. The lowest BCUT2D eigenvalue weighted by Gasteiger charge is -2.14. The third kappa shape index (κ3) is 2.58. The number of ether oxygens (including phenoxy) is 2. The lowest BCUT2D eigenvalue weighted by molar-refractivity contribution is 0.0584. The zero-order chi connectivity index (χ0) is 17.1. The van der Waals surface area contributed by atoms with Crippen molar-refractivity contribution in [1.82, 2.24) is 4.68 Å². The highest BCUT2D eigenvalue weighted by Crippen LogP contribution is 2.28. The maximum absolute atomic E-state index is 12.3. The summed E-state index contributed by atoms with van der Waals surface area (Å²) in [6.07, 6.45) is 0. The van der Waals surface area contributed by atoms with Gasteiger partial charge in [-0.15, -0.1) is 0 Å². The van der Waals surface area contributed by atoms with E-state index < -0.39 is 11.9 Å². The minimum Gasteiger partial charge on any atom is -0.464 e. The Balaban J connectivity index is 2.30. The van der Waals surface area contributed by atoms with Crippen LogP contribution in [0.1, 0.15) is 21.0 Å². The first kappa shape index (κ1) is 15.6. The van der Waals surface area contributed by atoms with Crippen molar-refractivity contribution < 1.29 is 19.1 Å². The molecule has 0 atom stereocenters. The number of hydrogen-bond donors (Lipinski definition) is 1. The smallest absolute Gasteiger partial charge is 0.357 e. The topological polar surface area (TPSA) is 69.6 Å². The van der Waals surface area contributed by atoms with E-state index in [0.29, 0.717) is 16.5 Å². The van der Waals surface area contributed by atoms with E-state index in [9.17, 15) is 9.59 Å². The van der Waals surface area contributed by atoms with E-state index in [4.69, 9.17) is 9.47 Å². The van der Waals surface area contributed by atoms with Gasteiger partial charge in [0.15, 0.2) is 11.4 Å². The van der Waals surface area contributed by atoms with Gasteiger partial charge in [0.25, 0.3) is 0 Å². The highest BCUT2D eigenvalue weighted by atomic mass is 16.5. The number of nitrogens with zero attached hydrogens (tertiary/aromatic N) is 1. The molecular weight excluding hydrogens is 308 g/mol. The van der Waals surface area contributed by atoms with Crippen molar-refractivity contribution >= 4 is 28.4 Å². The molecule has 0 fully saturated rings. The standard InChI is InChI=1S/C18H16N2O4/c1-23-17(21)15-13-10-6-7-11-14(13)16(18(22)24-2)20(15)19-12-8-4-3-5-9-12/h3-11,19H,1-2H3. The highest BCUT2D eigenvalue weighted by Gasteiger charge is 2.27. The minimum atomic E-state index is -0.551. The van der Waals surface area contributed by atoms with Crippen molar-refractivity contribution in [2.24, 2.45) is 0 Å². The third-order valence-corrected chi connectivity index (χ3v) is 3.66. The molecule has 0 aliphatic heterocycles. The van der Waals surface area contributed by atoms with Crippen LogP contribution in [0, 0.1) is 0 Å². The van der Waals surface area contributed by atoms with Crippen molar-refractivity contribution in [3.63, 3.8) is 0 Å². The number of carbonyl (C=O) groups is 2. The molecule has 0 spiro atoms. The van der Waals surface area contributed by atoms with Gasteiger partial charge in [-0.05, 0) is 12.1 Å². The highest BCUT2D eigenvalue weighted by molar-refractivity contribution is 6.12. The third-order valence-electron chi connectivity index (χ3n) is 3.66. The predicted molar refractivity (Wildman–Crippen MR) is 90.1 cm³/mol. The summed E-state index contributed by atoms with van der Waals surface area (Å²) in [5.41, 5.74) is 4.26. The first-order valence-corrected chi connectivity index (χ1v) is 7.29. The minimum absolute atomic E-state index is 0.234. The molecule has 1 heterocycles. The zero-order valence-electron chi connectivity index (χ0n) is 13.3. The molecular formula is C18H16N2O4. The summed E-state index contributed by atoms with van der Waals surface area (Å²) in [5.74, 6) is -1.10. The van der Waals surface area contributed by atoms with Crippen LogP contribution in [-0.4, -0.2) is 30.8 Å². The monoisotopic (exact) mass is 324 g/mol. The van der Waals surface area contributed by atoms with Crippen LogP contribution in [0.4, 0.5) is 5.69 Å². The number of para-hydroxylation sites is 1. The van der Waals surface area contributed by atoms with Gasteiger partial charge in [0.2, 0.25) is 0 Å². The molecule has 6 nitrogen and oxygen atoms in total. The second-order valence-corrected chi connectivity index (χ2v) is 5.04. The van der Waals surface area contributed by atoms with Crippen LogP contribution >= 0.6 is 0 Å². The van der Waals surface area contributed by atoms with Gasteiger partial charge in [0.05, 0.1) is 19.9 Å². The summed E-state index contributed by atoms with van der Waals surface area (Å²) >= 11 is 0. The number of carbonyl (C=O) groups excluding carboxylic acids is 2. The Morgan fingerprint density at radius 1 is 0.792 bits per heavy atom. The van der Waals surface area contributed by atoms with Crippen molar-refractivity contribution in [1.29, 1.82) is 0 Å². The molecule has 1 aromatic heterocycles. The number of aromatic nitrogens is 1. The Labute approximate surface area is 138 Å². The molecule has 0 aliphatic rings. The number of rotatable bonds is 4. The van der Waals surface area contributed by atoms with E-state index in [1.165, 1.54) is 18.9 Å². The molecule has 0 amide bonds. The molecule has 3 rings (SSSR count). The molecule has 3 aromatic rings. The van der Waals surface area contributed by atoms with Crippen molar-refractivity contribution in [3.8, 4) is 0 Å². The van der Waals surface area contributed by atoms with Crippen molar-refractivity contribution in [3.05, 3.63) is 66.0 Å². The predicted octanol–water partition coefficient (Wildman–Crippen LogP) is 3.09. The van der Waals surface area contributed by atoms with E-state index in [0.717, 1.165) is 0 Å². The molecule has 0 saturated carbocycles. The summed E-state index contributed by atoms with van der Waals surface area (Å²) in [4.78, 5) is 24.7. The molecule has 24 heavy (non-hydrogen) atoms. The Morgan fingerprint density at radius 2 is 1.25 bits per heavy atom. The first-order chi connectivity index (χ1) is 11.7. The van der Waals surface area contributed by atoms with Crippen LogP contribution in [0.25, 0.3) is 10.8 Å². The van der Waals surface area contributed by atoms with E-state index in [2.05, 4.69) is 5.43 Å². The Morgan fingerprint density at radius 3 is 1.71 bits per heavy atom. The molecule has 1 N–H and O–H groups in total. The fourth-order valence-corrected chi connectivity index (χ4v) is 2.60. The van der Waals surface area contributed by atoms with Gasteiger partial charge in [0.1, 0.15) is 0 Å². The Hall–Kier alpha value is -3.28. The average molecular weight is 324 g/mol. The first-order valence-electron chi connectivity index (χ1n) is 7.29. The molecule has 122 valence electrons. The van der Waals surface area contributed by atoms with Crippen LogP contribution in [0.5, 0.6) is 0 Å². The number of benzene rings is 2. The summed E-state index contributed by atoms with van der Waals surface area (Å²) in [6, 6.07) is 16.3. The molecule has 2 aromatic carbocycles. The fraction of sp³-hybridized carbons (Fsp3) is 0.111. The summed E-state index contributed by atoms with van der Waals surface area (Å²) in [6.45, 7) is 0. The number of anilines is 1. The van der Waals surface area contributed by atoms with Gasteiger partial charge < -0.3 is 9.47 Å². The van der Waals surface area contributed by atoms with Crippen LogP contribution in [0.15, 0.2) is 54.6 Å². The second-order valence-electron chi connectivity index (χ2n) is 5.04. The van der Waals surface area contributed by atoms with Crippen LogP contribution in [0.2, 0.25) is 0 Å². The molecule has 0 radical (unpaired) electrons. The molecule has 0 saturated heterocycles. The number of esters is 2. The van der Waals surface area contributed by atoms with Crippen molar-refractivity contribution in [2.45, 2.75) is 0 Å². The maximum Gasteiger partial charge on any atom is 0.357 e. The van der Waals surface area contributed by atoms with Crippen LogP contribution < -0.4 is 5.43 Å². The lowest BCUT2D eigenvalue weighted by Crippen LogP contribution is -2.22. The molecule has 6 heteroatoms. The van der Waals surface area contributed by atoms with E-state index >= 15 is 0 Å². The molecule has 0 aliphatic carbocycles. The molecule has 0 bridgehead atoms. The quantitative estimate of drug-likeness (QED) is 0.747. The summed E-state index contributed by atoms with van der Waals surface area (Å²) in [5, 5.41) is 1.21. The largest absolute Gasteiger partial charge is 0.464 e. The number of methoxy groups -OCH3 is 2. The normalized spacial score (nSPS) is 10.4. The van der Waals surface area contributed by atoms with E-state index in [1.54, 1.807) is 24.3 Å². The maximum atomic E-state index is 12.3. The lowest BCUT2D eigenvalue weighted by atomic mass is 10.1. The zero-order valence-corrected chi connectivity index (χ0v) is 13.3. The summed E-state index contributed by atoms with van der Waals surface area (Å²) < 4.78 is 11.2. The number of hydrogen-bond acceptors (Lipinski definition) is 5. The Kier molecular flexibility index (Phi) is 4.20. The summed E-state index contributed by atoms with van der Waals surface area (Å²) in [7, 11) is 2.60. The van der Waals surface area contributed by atoms with E-state index in [1.807, 2.05) is 30.3 Å². The van der Waals surface area contributed by atoms with Gasteiger partial charge in [0, 0.05) is 10.8 Å². The average Bonchev–Trinajstić information content (AvgIpc) is 2.95. The second kappa shape index (κ2) is 6.45. The molecule has 0 unspecified atom stereocenters. The fourth-order valence-electron chi connectivity index (χ4n) is 2.60. The van der Waals surface area contributed by atoms with Gasteiger partial charge in [-0.3, -0.25) is 5.43 Å². The van der Waals surface area contributed by atoms with Crippen molar-refractivity contribution in [2.75, 3.05) is 19.6 Å². The number of fused-ring (bicyclic) bond motifs is 1. The van der Waals surface area contributed by atoms with Gasteiger partial charge in [-0.2, -0.15) is 0 Å². The van der Waals surface area contributed by atoms with Gasteiger partial charge >= 0.3 is 11.9 Å². The van der Waals surface area contributed by atoms with Gasteiger partial charge in [-0.1, -0.05) is 42.5 Å².